The molecule has 0 saturated carbocycles. The number of nitrogens with zero attached hydrogens (tertiary/aromatic N) is 1. The number of hydrogen-bond acceptors (Lipinski definition) is 6. The fourth-order valence-electron chi connectivity index (χ4n) is 4.43. The zero-order valence-corrected chi connectivity index (χ0v) is 26.2. The van der Waals surface area contributed by atoms with Crippen molar-refractivity contribution in [2.45, 2.75) is 136 Å². The maximum absolute atomic E-state index is 12.3. The van der Waals surface area contributed by atoms with Gasteiger partial charge in [0.2, 0.25) is 5.95 Å². The van der Waals surface area contributed by atoms with E-state index in [1.54, 1.807) is 6.92 Å². The Balaban J connectivity index is 2.06. The van der Waals surface area contributed by atoms with Crippen molar-refractivity contribution in [1.82, 2.24) is 25.9 Å². The summed E-state index contributed by atoms with van der Waals surface area (Å²) in [7, 11) is 0. The second kappa shape index (κ2) is 19.1. The molecule has 5 N–H and O–H groups in total. The topological polar surface area (TPSA) is 154 Å². The van der Waals surface area contributed by atoms with Gasteiger partial charge in [0, 0.05) is 36.8 Å². The Morgan fingerprint density at radius 3 is 2.10 bits per heavy atom. The van der Waals surface area contributed by atoms with Gasteiger partial charge in [-0.15, -0.1) is 0 Å². The Kier molecular flexibility index (Phi) is 16.7. The van der Waals surface area contributed by atoms with E-state index in [1.807, 2.05) is 27.7 Å². The number of aromatic amines is 1. The molecule has 234 valence electrons. The van der Waals surface area contributed by atoms with Crippen molar-refractivity contribution >= 4 is 24.0 Å². The molecule has 41 heavy (non-hydrogen) atoms. The van der Waals surface area contributed by atoms with Gasteiger partial charge >= 0.3 is 18.0 Å². The Bertz CT molecular complexity index is 992. The van der Waals surface area contributed by atoms with Crippen LogP contribution >= 0.6 is 0 Å². The van der Waals surface area contributed by atoms with Crippen LogP contribution in [0, 0.1) is 6.92 Å². The monoisotopic (exact) mass is 578 g/mol. The highest BCUT2D eigenvalue weighted by Gasteiger charge is 2.22. The number of carbonyl (C=O) groups excluding carboxylic acids is 3. The van der Waals surface area contributed by atoms with E-state index in [-0.39, 0.29) is 23.5 Å². The Hall–Kier alpha value is -3.11. The van der Waals surface area contributed by atoms with Crippen LogP contribution < -0.4 is 26.8 Å². The van der Waals surface area contributed by atoms with Crippen molar-refractivity contribution in [3.8, 4) is 0 Å². The Labute approximate surface area is 245 Å². The second-order valence-corrected chi connectivity index (χ2v) is 12.1. The summed E-state index contributed by atoms with van der Waals surface area (Å²) in [6, 6.07) is 0.758. The number of anilines is 1. The molecule has 0 aliphatic heterocycles. The molecule has 0 radical (unpaired) electrons. The summed E-state index contributed by atoms with van der Waals surface area (Å²) in [5.74, 6) is -0.00561. The minimum Gasteiger partial charge on any atom is -0.460 e. The number of unbranched alkanes of at least 4 members (excludes halogenated alkanes) is 7. The quantitative estimate of drug-likeness (QED) is 0.0989. The van der Waals surface area contributed by atoms with Crippen molar-refractivity contribution in [3.05, 3.63) is 22.1 Å². The third-order valence-electron chi connectivity index (χ3n) is 6.69. The first-order valence-corrected chi connectivity index (χ1v) is 15.2. The Morgan fingerprint density at radius 1 is 0.854 bits per heavy atom. The number of nitrogens with one attached hydrogen (secondary N) is 5. The van der Waals surface area contributed by atoms with Gasteiger partial charge in [0.05, 0.1) is 0 Å². The average molecular weight is 579 g/mol. The number of urea groups is 2. The van der Waals surface area contributed by atoms with Gasteiger partial charge in [0.1, 0.15) is 5.60 Å². The highest BCUT2D eigenvalue weighted by atomic mass is 16.6. The SMILES string of the molecule is CCCCCC(C)(C)OC(=O)CCCCCC(C)(C)NC(=O)NCCCCCCNC(=O)Nc1nc(=O)cc(C)[nH]1. The lowest BCUT2D eigenvalue weighted by atomic mass is 9.96. The number of aryl methyl sites for hydroxylation is 1. The van der Waals surface area contributed by atoms with Gasteiger partial charge < -0.3 is 25.7 Å². The van der Waals surface area contributed by atoms with Crippen molar-refractivity contribution in [1.29, 1.82) is 0 Å². The van der Waals surface area contributed by atoms with Crippen LogP contribution in [0.2, 0.25) is 0 Å². The Morgan fingerprint density at radius 2 is 1.46 bits per heavy atom. The summed E-state index contributed by atoms with van der Waals surface area (Å²) in [5.41, 5.74) is -0.523. The van der Waals surface area contributed by atoms with E-state index >= 15 is 0 Å². The third kappa shape index (κ3) is 18.8. The molecule has 1 rings (SSSR count). The number of amides is 4. The molecule has 0 unspecified atom stereocenters. The maximum Gasteiger partial charge on any atom is 0.321 e. The highest BCUT2D eigenvalue weighted by Crippen LogP contribution is 2.20. The molecule has 0 aromatic carbocycles. The van der Waals surface area contributed by atoms with E-state index < -0.39 is 17.2 Å². The summed E-state index contributed by atoms with van der Waals surface area (Å²) < 4.78 is 5.66. The number of carbonyl (C=O) groups is 3. The van der Waals surface area contributed by atoms with Crippen LogP contribution in [-0.4, -0.2) is 52.2 Å². The number of hydrogen-bond donors (Lipinski definition) is 5. The number of ether oxygens (including phenoxy) is 1. The fourth-order valence-corrected chi connectivity index (χ4v) is 4.43. The molecule has 0 aliphatic rings. The first-order chi connectivity index (χ1) is 19.3. The molecule has 1 aromatic heterocycles. The lowest BCUT2D eigenvalue weighted by molar-refractivity contribution is -0.157. The van der Waals surface area contributed by atoms with Crippen LogP contribution in [0.3, 0.4) is 0 Å². The van der Waals surface area contributed by atoms with Crippen molar-refractivity contribution in [2.75, 3.05) is 18.4 Å². The van der Waals surface area contributed by atoms with Gasteiger partial charge in [-0.3, -0.25) is 14.9 Å². The van der Waals surface area contributed by atoms with E-state index in [1.165, 1.54) is 6.07 Å². The summed E-state index contributed by atoms with van der Waals surface area (Å²) in [6.45, 7) is 13.0. The van der Waals surface area contributed by atoms with Crippen LogP contribution in [0.1, 0.15) is 124 Å². The van der Waals surface area contributed by atoms with Crippen LogP contribution in [-0.2, 0) is 9.53 Å². The number of esters is 1. The first kappa shape index (κ1) is 35.9. The van der Waals surface area contributed by atoms with Crippen LogP contribution in [0.4, 0.5) is 15.5 Å². The van der Waals surface area contributed by atoms with Crippen LogP contribution in [0.15, 0.2) is 10.9 Å². The lowest BCUT2D eigenvalue weighted by Gasteiger charge is -2.26. The van der Waals surface area contributed by atoms with E-state index in [0.717, 1.165) is 77.0 Å². The minimum absolute atomic E-state index is 0.120. The standard InChI is InChI=1S/C30H54N6O5/c1-7-8-13-19-30(5,6)41-25(38)17-12-11-14-18-29(3,4)36-28(40)32-21-16-10-9-15-20-31-27(39)35-26-33-23(2)22-24(37)34-26/h22H,7-21H2,1-6H3,(H2,32,36,40)(H3,31,33,34,35,37,39). The zero-order chi connectivity index (χ0) is 30.7. The van der Waals surface area contributed by atoms with Gasteiger partial charge in [-0.1, -0.05) is 45.4 Å². The minimum atomic E-state index is -0.417. The normalized spacial score (nSPS) is 11.6. The summed E-state index contributed by atoms with van der Waals surface area (Å²) in [4.78, 5) is 54.3. The van der Waals surface area contributed by atoms with E-state index in [9.17, 15) is 19.2 Å². The van der Waals surface area contributed by atoms with Gasteiger partial charge in [0.15, 0.2) is 0 Å². The molecule has 0 bridgehead atoms. The van der Waals surface area contributed by atoms with Crippen LogP contribution in [0.25, 0.3) is 0 Å². The molecule has 0 atom stereocenters. The molecule has 11 nitrogen and oxygen atoms in total. The first-order valence-electron chi connectivity index (χ1n) is 15.2. The van der Waals surface area contributed by atoms with E-state index in [0.29, 0.717) is 25.2 Å². The molecular weight excluding hydrogens is 524 g/mol. The van der Waals surface area contributed by atoms with Crippen LogP contribution in [0.5, 0.6) is 0 Å². The summed E-state index contributed by atoms with van der Waals surface area (Å²) >= 11 is 0. The van der Waals surface area contributed by atoms with Crippen molar-refractivity contribution in [2.24, 2.45) is 0 Å². The number of aromatic nitrogens is 2. The largest absolute Gasteiger partial charge is 0.460 e. The molecule has 0 fully saturated rings. The molecule has 0 aliphatic carbocycles. The zero-order valence-electron chi connectivity index (χ0n) is 26.2. The summed E-state index contributed by atoms with van der Waals surface area (Å²) in [5, 5.41) is 11.2. The fraction of sp³-hybridized carbons (Fsp3) is 0.767. The number of H-pyrrole nitrogens is 1. The van der Waals surface area contributed by atoms with Crippen molar-refractivity contribution in [3.63, 3.8) is 0 Å². The second-order valence-electron chi connectivity index (χ2n) is 12.1. The molecular formula is C30H54N6O5. The van der Waals surface area contributed by atoms with Gasteiger partial charge in [0.25, 0.3) is 5.56 Å². The predicted molar refractivity (Wildman–Crippen MR) is 163 cm³/mol. The highest BCUT2D eigenvalue weighted by molar-refractivity contribution is 5.87. The molecule has 11 heteroatoms. The number of rotatable bonds is 20. The van der Waals surface area contributed by atoms with E-state index in [2.05, 4.69) is 38.2 Å². The molecule has 1 aromatic rings. The van der Waals surface area contributed by atoms with Gasteiger partial charge in [-0.05, 0) is 73.1 Å². The molecule has 0 saturated heterocycles. The molecule has 4 amide bonds. The van der Waals surface area contributed by atoms with Crippen molar-refractivity contribution < 1.29 is 19.1 Å². The van der Waals surface area contributed by atoms with Gasteiger partial charge in [-0.25, -0.2) is 9.59 Å². The maximum atomic E-state index is 12.3. The molecule has 1 heterocycles. The van der Waals surface area contributed by atoms with Gasteiger partial charge in [-0.2, -0.15) is 4.98 Å². The van der Waals surface area contributed by atoms with E-state index in [4.69, 9.17) is 4.74 Å². The summed E-state index contributed by atoms with van der Waals surface area (Å²) in [6.07, 6.45) is 11.7. The lowest BCUT2D eigenvalue weighted by Crippen LogP contribution is -2.48. The third-order valence-corrected chi connectivity index (χ3v) is 6.69. The predicted octanol–water partition coefficient (Wildman–Crippen LogP) is 5.69. The smallest absolute Gasteiger partial charge is 0.321 e. The average Bonchev–Trinajstić information content (AvgIpc) is 2.84. The molecule has 0 spiro atoms.